The van der Waals surface area contributed by atoms with Gasteiger partial charge < -0.3 is 9.94 Å². The van der Waals surface area contributed by atoms with Crippen molar-refractivity contribution in [3.8, 4) is 11.1 Å². The summed E-state index contributed by atoms with van der Waals surface area (Å²) >= 11 is 0. The van der Waals surface area contributed by atoms with Crippen molar-refractivity contribution in [1.82, 2.24) is 0 Å². The number of epoxide rings is 1. The fourth-order valence-corrected chi connectivity index (χ4v) is 6.89. The van der Waals surface area contributed by atoms with Gasteiger partial charge in [0.2, 0.25) is 5.69 Å². The zero-order chi connectivity index (χ0) is 27.7. The Morgan fingerprint density at radius 3 is 2.18 bits per heavy atom. The first kappa shape index (κ1) is 26.2. The molecule has 2 unspecified atom stereocenters. The van der Waals surface area contributed by atoms with E-state index < -0.39 is 29.3 Å². The van der Waals surface area contributed by atoms with Crippen molar-refractivity contribution in [1.29, 1.82) is 0 Å². The van der Waals surface area contributed by atoms with Gasteiger partial charge in [-0.2, -0.15) is 17.9 Å². The minimum absolute atomic E-state index is 0.0347. The highest BCUT2D eigenvalue weighted by atomic mass is 19.4. The molecular formula is C31H30F5NO2. The largest absolute Gasteiger partial charge is 0.618 e. The average molecular weight is 544 g/mol. The number of rotatable bonds is 4. The Kier molecular flexibility index (Phi) is 6.06. The van der Waals surface area contributed by atoms with E-state index in [0.29, 0.717) is 47.5 Å². The van der Waals surface area contributed by atoms with Gasteiger partial charge in [-0.25, -0.2) is 8.78 Å². The van der Waals surface area contributed by atoms with Crippen LogP contribution in [0.25, 0.3) is 11.1 Å². The highest BCUT2D eigenvalue weighted by molar-refractivity contribution is 5.75. The molecule has 0 amide bonds. The molecule has 1 saturated heterocycles. The third-order valence-electron chi connectivity index (χ3n) is 8.57. The summed E-state index contributed by atoms with van der Waals surface area (Å²) in [6.07, 6.45) is -2.04. The van der Waals surface area contributed by atoms with Crippen molar-refractivity contribution < 1.29 is 31.4 Å². The van der Waals surface area contributed by atoms with Gasteiger partial charge in [0.15, 0.2) is 11.9 Å². The van der Waals surface area contributed by atoms with Crippen LogP contribution in [0.2, 0.25) is 0 Å². The Hall–Kier alpha value is -3.00. The summed E-state index contributed by atoms with van der Waals surface area (Å²) in [7, 11) is 0. The quantitative estimate of drug-likeness (QED) is 0.145. The first-order valence-electron chi connectivity index (χ1n) is 13.4. The molecule has 0 radical (unpaired) electrons. The monoisotopic (exact) mass is 543 g/mol. The number of nitrogens with zero attached hydrogens (tertiary/aromatic N) is 1. The Morgan fingerprint density at radius 1 is 1.00 bits per heavy atom. The first-order valence-corrected chi connectivity index (χ1v) is 13.4. The number of fused-ring (bicyclic) bond motifs is 2. The predicted molar refractivity (Wildman–Crippen MR) is 136 cm³/mol. The topological polar surface area (TPSA) is 39.5 Å². The van der Waals surface area contributed by atoms with Gasteiger partial charge in [0, 0.05) is 17.9 Å². The van der Waals surface area contributed by atoms with Crippen molar-refractivity contribution in [3.63, 3.8) is 0 Å². The van der Waals surface area contributed by atoms with Crippen LogP contribution in [0.1, 0.15) is 91.7 Å². The zero-order valence-corrected chi connectivity index (χ0v) is 21.9. The fraction of sp³-hybridized carbons (Fsp3) is 0.452. The molecule has 1 aromatic heterocycles. The summed E-state index contributed by atoms with van der Waals surface area (Å²) in [6.45, 7) is 4.55. The van der Waals surface area contributed by atoms with Crippen LogP contribution in [0.3, 0.4) is 0 Å². The lowest BCUT2D eigenvalue weighted by molar-refractivity contribution is -0.626. The second-order valence-electron chi connectivity index (χ2n) is 12.1. The molecular weight excluding hydrogens is 513 g/mol. The van der Waals surface area contributed by atoms with Gasteiger partial charge in [0.25, 0.3) is 0 Å². The second-order valence-corrected chi connectivity index (χ2v) is 12.1. The van der Waals surface area contributed by atoms with Crippen LogP contribution in [-0.2, 0) is 22.9 Å². The third kappa shape index (κ3) is 4.50. The molecule has 0 bridgehead atoms. The first-order chi connectivity index (χ1) is 18.4. The van der Waals surface area contributed by atoms with Crippen LogP contribution in [0.4, 0.5) is 22.0 Å². The molecule has 3 nitrogen and oxygen atoms in total. The number of aromatic nitrogens is 1. The standard InChI is InChI=1S/C31H30F5NO2/c1-29(2)15-23-26(30(16-29)17-39-30)24(18-9-13-22(32)14-10-18)25(28(37(23)38)20-5-3-4-6-20)27(33)19-7-11-21(12-8-19)31(34,35)36/h7-14,20,27H,3-6,15-17H2,1-2H3. The molecule has 2 aliphatic carbocycles. The molecule has 3 aliphatic rings. The van der Waals surface area contributed by atoms with Crippen LogP contribution in [-0.4, -0.2) is 6.61 Å². The zero-order valence-electron chi connectivity index (χ0n) is 21.9. The van der Waals surface area contributed by atoms with E-state index in [1.165, 1.54) is 12.1 Å². The van der Waals surface area contributed by atoms with E-state index in [1.54, 1.807) is 12.1 Å². The molecule has 6 rings (SSSR count). The summed E-state index contributed by atoms with van der Waals surface area (Å²) in [5.74, 6) is -0.631. The lowest BCUT2D eigenvalue weighted by Gasteiger charge is -2.37. The summed E-state index contributed by atoms with van der Waals surface area (Å²) < 4.78 is 77.5. The molecule has 0 N–H and O–H groups in total. The van der Waals surface area contributed by atoms with Gasteiger partial charge >= 0.3 is 6.18 Å². The number of benzene rings is 2. The van der Waals surface area contributed by atoms with Gasteiger partial charge in [0.05, 0.1) is 23.3 Å². The summed E-state index contributed by atoms with van der Waals surface area (Å²) in [4.78, 5) is 0. The number of alkyl halides is 4. The molecule has 3 aromatic rings. The Labute approximate surface area is 224 Å². The van der Waals surface area contributed by atoms with E-state index in [2.05, 4.69) is 13.8 Å². The van der Waals surface area contributed by atoms with Gasteiger partial charge in [-0.1, -0.05) is 51.0 Å². The number of halogens is 5. The van der Waals surface area contributed by atoms with Crippen LogP contribution in [0.5, 0.6) is 0 Å². The smallest absolute Gasteiger partial charge is 0.416 e. The van der Waals surface area contributed by atoms with Crippen molar-refractivity contribution >= 4 is 0 Å². The maximum Gasteiger partial charge on any atom is 0.416 e. The predicted octanol–water partition coefficient (Wildman–Crippen LogP) is 8.06. The van der Waals surface area contributed by atoms with Crippen molar-refractivity contribution in [3.05, 3.63) is 93.2 Å². The SMILES string of the molecule is CC1(C)Cc2c(c(-c3ccc(F)cc3)c(C(F)c3ccc(C(F)(F)F)cc3)c(C3CCCC3)[n+]2[O-])C2(CO2)C1. The molecule has 2 atom stereocenters. The van der Waals surface area contributed by atoms with Crippen LogP contribution >= 0.6 is 0 Å². The maximum atomic E-state index is 16.9. The van der Waals surface area contributed by atoms with E-state index in [9.17, 15) is 22.8 Å². The summed E-state index contributed by atoms with van der Waals surface area (Å²) in [6, 6.07) is 9.78. The normalized spacial score (nSPS) is 23.2. The van der Waals surface area contributed by atoms with Crippen molar-refractivity contribution in [2.24, 2.45) is 5.41 Å². The van der Waals surface area contributed by atoms with Crippen LogP contribution < -0.4 is 4.73 Å². The van der Waals surface area contributed by atoms with Gasteiger partial charge in [-0.15, -0.1) is 0 Å². The number of ether oxygens (including phenoxy) is 1. The molecule has 8 heteroatoms. The minimum atomic E-state index is -4.55. The minimum Gasteiger partial charge on any atom is -0.618 e. The van der Waals surface area contributed by atoms with E-state index in [4.69, 9.17) is 4.74 Å². The Bertz CT molecular complexity index is 1400. The Balaban J connectivity index is 1.66. The molecule has 39 heavy (non-hydrogen) atoms. The van der Waals surface area contributed by atoms with E-state index in [-0.39, 0.29) is 22.5 Å². The van der Waals surface area contributed by atoms with E-state index >= 15 is 4.39 Å². The van der Waals surface area contributed by atoms with E-state index in [1.807, 2.05) is 0 Å². The fourth-order valence-electron chi connectivity index (χ4n) is 6.89. The van der Waals surface area contributed by atoms with Gasteiger partial charge in [-0.05, 0) is 60.1 Å². The Morgan fingerprint density at radius 2 is 1.62 bits per heavy atom. The van der Waals surface area contributed by atoms with Crippen LogP contribution in [0, 0.1) is 16.4 Å². The molecule has 1 saturated carbocycles. The molecule has 2 fully saturated rings. The molecule has 1 spiro atoms. The maximum absolute atomic E-state index is 16.9. The molecule has 1 aliphatic heterocycles. The highest BCUT2D eigenvalue weighted by Crippen LogP contribution is 2.58. The third-order valence-corrected chi connectivity index (χ3v) is 8.57. The van der Waals surface area contributed by atoms with Gasteiger partial charge in [0.1, 0.15) is 11.4 Å². The number of hydrogen-bond acceptors (Lipinski definition) is 2. The van der Waals surface area contributed by atoms with Crippen molar-refractivity contribution in [2.75, 3.05) is 6.61 Å². The second kappa shape index (κ2) is 9.01. The average Bonchev–Trinajstić information content (AvgIpc) is 3.41. The molecule has 206 valence electrons. The molecule has 2 heterocycles. The summed E-state index contributed by atoms with van der Waals surface area (Å²) in [5.41, 5.74) is 0.942. The number of hydrogen-bond donors (Lipinski definition) is 0. The summed E-state index contributed by atoms with van der Waals surface area (Å²) in [5, 5.41) is 14.3. The lowest BCUT2D eigenvalue weighted by atomic mass is 9.67. The van der Waals surface area contributed by atoms with E-state index in [0.717, 1.165) is 54.7 Å². The van der Waals surface area contributed by atoms with Crippen molar-refractivity contribution in [2.45, 2.75) is 76.2 Å². The lowest BCUT2D eigenvalue weighted by Crippen LogP contribution is -2.47. The number of pyridine rings is 1. The van der Waals surface area contributed by atoms with Gasteiger partial charge in [-0.3, -0.25) is 0 Å². The highest BCUT2D eigenvalue weighted by Gasteiger charge is 2.59. The molecule has 2 aromatic carbocycles. The van der Waals surface area contributed by atoms with Crippen LogP contribution in [0.15, 0.2) is 48.5 Å².